The fourth-order valence-corrected chi connectivity index (χ4v) is 2.09. The van der Waals surface area contributed by atoms with Crippen molar-refractivity contribution >= 4 is 23.0 Å². The highest BCUT2D eigenvalue weighted by molar-refractivity contribution is 7.80. The summed E-state index contributed by atoms with van der Waals surface area (Å²) in [7, 11) is 0. The van der Waals surface area contributed by atoms with Gasteiger partial charge in [-0.15, -0.1) is 0 Å². The van der Waals surface area contributed by atoms with Gasteiger partial charge < -0.3 is 10.6 Å². The number of anilines is 1. The number of hydrogen-bond acceptors (Lipinski definition) is 1. The van der Waals surface area contributed by atoms with Crippen molar-refractivity contribution in [1.82, 2.24) is 5.32 Å². The standard InChI is InChI=1S/C14H20N2S/c1-14(2,3)11-6-4-5-7-12(11)16-13(17)15-10-8-9-10/h4-7,10H,8-9H2,1-3H3,(H2,15,16,17). The first-order chi connectivity index (χ1) is 7.97. The molecule has 0 aromatic heterocycles. The van der Waals surface area contributed by atoms with E-state index in [1.807, 2.05) is 6.07 Å². The largest absolute Gasteiger partial charge is 0.360 e. The molecule has 1 fully saturated rings. The molecule has 2 nitrogen and oxygen atoms in total. The van der Waals surface area contributed by atoms with Crippen LogP contribution in [0, 0.1) is 0 Å². The number of para-hydroxylation sites is 1. The highest BCUT2D eigenvalue weighted by Crippen LogP contribution is 2.29. The Morgan fingerprint density at radius 1 is 1.24 bits per heavy atom. The lowest BCUT2D eigenvalue weighted by atomic mass is 9.86. The Morgan fingerprint density at radius 3 is 2.47 bits per heavy atom. The van der Waals surface area contributed by atoms with E-state index in [0.29, 0.717) is 6.04 Å². The van der Waals surface area contributed by atoms with E-state index in [4.69, 9.17) is 12.2 Å². The summed E-state index contributed by atoms with van der Waals surface area (Å²) in [4.78, 5) is 0. The Hall–Kier alpha value is -1.09. The van der Waals surface area contributed by atoms with Gasteiger partial charge in [0.2, 0.25) is 0 Å². The molecule has 0 bridgehead atoms. The molecule has 1 aromatic carbocycles. The molecule has 1 saturated carbocycles. The second kappa shape index (κ2) is 4.65. The summed E-state index contributed by atoms with van der Waals surface area (Å²) in [6, 6.07) is 8.95. The van der Waals surface area contributed by atoms with Crippen LogP contribution in [0.1, 0.15) is 39.2 Å². The van der Waals surface area contributed by atoms with Crippen molar-refractivity contribution in [3.63, 3.8) is 0 Å². The zero-order valence-electron chi connectivity index (χ0n) is 10.7. The highest BCUT2D eigenvalue weighted by atomic mass is 32.1. The van der Waals surface area contributed by atoms with Crippen molar-refractivity contribution in [3.8, 4) is 0 Å². The third-order valence-electron chi connectivity index (χ3n) is 2.90. The molecular weight excluding hydrogens is 228 g/mol. The van der Waals surface area contributed by atoms with Crippen LogP contribution in [0.25, 0.3) is 0 Å². The van der Waals surface area contributed by atoms with E-state index < -0.39 is 0 Å². The number of thiocarbonyl (C=S) groups is 1. The van der Waals surface area contributed by atoms with Crippen LogP contribution >= 0.6 is 12.2 Å². The predicted octanol–water partition coefficient (Wildman–Crippen LogP) is 3.43. The summed E-state index contributed by atoms with van der Waals surface area (Å²) in [6.07, 6.45) is 2.48. The molecule has 1 aliphatic rings. The van der Waals surface area contributed by atoms with Gasteiger partial charge in [-0.3, -0.25) is 0 Å². The van der Waals surface area contributed by atoms with Gasteiger partial charge in [0.05, 0.1) is 0 Å². The highest BCUT2D eigenvalue weighted by Gasteiger charge is 2.23. The molecule has 1 aliphatic carbocycles. The lowest BCUT2D eigenvalue weighted by Gasteiger charge is -2.23. The quantitative estimate of drug-likeness (QED) is 0.784. The number of hydrogen-bond donors (Lipinski definition) is 2. The monoisotopic (exact) mass is 248 g/mol. The van der Waals surface area contributed by atoms with Gasteiger partial charge in [-0.25, -0.2) is 0 Å². The molecule has 0 radical (unpaired) electrons. The molecule has 0 spiro atoms. The van der Waals surface area contributed by atoms with Crippen LogP contribution in [-0.4, -0.2) is 11.2 Å². The molecule has 0 saturated heterocycles. The molecule has 0 unspecified atom stereocenters. The minimum absolute atomic E-state index is 0.124. The lowest BCUT2D eigenvalue weighted by Crippen LogP contribution is -2.31. The van der Waals surface area contributed by atoms with Gasteiger partial charge in [0.25, 0.3) is 0 Å². The van der Waals surface area contributed by atoms with E-state index in [0.717, 1.165) is 10.8 Å². The second-order valence-electron chi connectivity index (χ2n) is 5.67. The first-order valence-corrected chi connectivity index (χ1v) is 6.54. The SMILES string of the molecule is CC(C)(C)c1ccccc1NC(=S)NC1CC1. The number of rotatable bonds is 2. The zero-order valence-corrected chi connectivity index (χ0v) is 11.5. The van der Waals surface area contributed by atoms with E-state index in [9.17, 15) is 0 Å². The Balaban J connectivity index is 2.11. The molecule has 2 N–H and O–H groups in total. The van der Waals surface area contributed by atoms with E-state index in [-0.39, 0.29) is 5.41 Å². The van der Waals surface area contributed by atoms with Gasteiger partial charge in [0.15, 0.2) is 5.11 Å². The summed E-state index contributed by atoms with van der Waals surface area (Å²) in [5.41, 5.74) is 2.52. The average Bonchev–Trinajstić information content (AvgIpc) is 3.00. The summed E-state index contributed by atoms with van der Waals surface area (Å²) >= 11 is 5.31. The van der Waals surface area contributed by atoms with Gasteiger partial charge >= 0.3 is 0 Å². The Labute approximate surface area is 109 Å². The summed E-state index contributed by atoms with van der Waals surface area (Å²) < 4.78 is 0. The summed E-state index contributed by atoms with van der Waals surface area (Å²) in [5.74, 6) is 0. The lowest BCUT2D eigenvalue weighted by molar-refractivity contribution is 0.592. The minimum Gasteiger partial charge on any atom is -0.360 e. The molecule has 0 aliphatic heterocycles. The van der Waals surface area contributed by atoms with Gasteiger partial charge in [0, 0.05) is 11.7 Å². The normalized spacial score (nSPS) is 15.5. The molecule has 0 heterocycles. The van der Waals surface area contributed by atoms with Crippen molar-refractivity contribution in [2.24, 2.45) is 0 Å². The van der Waals surface area contributed by atoms with Gasteiger partial charge in [-0.2, -0.15) is 0 Å². The third kappa shape index (κ3) is 3.43. The fourth-order valence-electron chi connectivity index (χ4n) is 1.82. The van der Waals surface area contributed by atoms with Gasteiger partial charge in [-0.05, 0) is 42.1 Å². The van der Waals surface area contributed by atoms with Crippen molar-refractivity contribution in [2.75, 3.05) is 5.32 Å². The van der Waals surface area contributed by atoms with Crippen LogP contribution in [0.3, 0.4) is 0 Å². The van der Waals surface area contributed by atoms with E-state index in [2.05, 4.69) is 49.6 Å². The third-order valence-corrected chi connectivity index (χ3v) is 3.12. The Kier molecular flexibility index (Phi) is 3.38. The molecule has 92 valence electrons. The zero-order chi connectivity index (χ0) is 12.5. The van der Waals surface area contributed by atoms with Crippen LogP contribution in [0.2, 0.25) is 0 Å². The molecule has 17 heavy (non-hydrogen) atoms. The first kappa shape index (κ1) is 12.4. The average molecular weight is 248 g/mol. The van der Waals surface area contributed by atoms with Gasteiger partial charge in [-0.1, -0.05) is 39.0 Å². The molecule has 0 atom stereocenters. The topological polar surface area (TPSA) is 24.1 Å². The maximum Gasteiger partial charge on any atom is 0.171 e. The first-order valence-electron chi connectivity index (χ1n) is 6.14. The fraction of sp³-hybridized carbons (Fsp3) is 0.500. The summed E-state index contributed by atoms with van der Waals surface area (Å²) in [5, 5.41) is 7.35. The molecule has 1 aromatic rings. The van der Waals surface area contributed by atoms with Crippen LogP contribution in [0.15, 0.2) is 24.3 Å². The maximum atomic E-state index is 5.31. The van der Waals surface area contributed by atoms with E-state index in [1.54, 1.807) is 0 Å². The van der Waals surface area contributed by atoms with Crippen LogP contribution in [0.5, 0.6) is 0 Å². The van der Waals surface area contributed by atoms with Crippen LogP contribution in [0.4, 0.5) is 5.69 Å². The van der Waals surface area contributed by atoms with Crippen molar-refractivity contribution in [3.05, 3.63) is 29.8 Å². The van der Waals surface area contributed by atoms with Crippen molar-refractivity contribution in [2.45, 2.75) is 45.1 Å². The molecular formula is C14H20N2S. The van der Waals surface area contributed by atoms with Gasteiger partial charge in [0.1, 0.15) is 0 Å². The smallest absolute Gasteiger partial charge is 0.171 e. The number of nitrogens with one attached hydrogen (secondary N) is 2. The maximum absolute atomic E-state index is 5.31. The Bertz CT molecular complexity index is 416. The second-order valence-corrected chi connectivity index (χ2v) is 6.08. The minimum atomic E-state index is 0.124. The van der Waals surface area contributed by atoms with Crippen molar-refractivity contribution in [1.29, 1.82) is 0 Å². The molecule has 2 rings (SSSR count). The van der Waals surface area contributed by atoms with E-state index in [1.165, 1.54) is 18.4 Å². The Morgan fingerprint density at radius 2 is 1.88 bits per heavy atom. The van der Waals surface area contributed by atoms with E-state index >= 15 is 0 Å². The number of benzene rings is 1. The predicted molar refractivity (Wildman–Crippen MR) is 77.5 cm³/mol. The summed E-state index contributed by atoms with van der Waals surface area (Å²) in [6.45, 7) is 6.64. The molecule has 0 amide bonds. The molecule has 3 heteroatoms. The van der Waals surface area contributed by atoms with Crippen LogP contribution < -0.4 is 10.6 Å². The van der Waals surface area contributed by atoms with Crippen LogP contribution in [-0.2, 0) is 5.41 Å². The van der Waals surface area contributed by atoms with Crippen molar-refractivity contribution < 1.29 is 0 Å².